The fourth-order valence-corrected chi connectivity index (χ4v) is 5.45. The van der Waals surface area contributed by atoms with Crippen molar-refractivity contribution in [2.45, 2.75) is 51.1 Å². The SMILES string of the molecule is CCC1(C)NC(=O)N(CCCNC(=NC)NCC2CCCN(C)C2c2cccs2)C1=O. The van der Waals surface area contributed by atoms with Gasteiger partial charge in [0.1, 0.15) is 5.54 Å². The number of rotatable bonds is 8. The molecule has 0 aliphatic carbocycles. The van der Waals surface area contributed by atoms with Crippen molar-refractivity contribution in [3.63, 3.8) is 0 Å². The number of imide groups is 1. The number of likely N-dealkylation sites (tertiary alicyclic amines) is 1. The van der Waals surface area contributed by atoms with E-state index >= 15 is 0 Å². The van der Waals surface area contributed by atoms with Crippen LogP contribution in [0.1, 0.15) is 50.4 Å². The van der Waals surface area contributed by atoms with Crippen LogP contribution in [0.2, 0.25) is 0 Å². The van der Waals surface area contributed by atoms with Crippen LogP contribution >= 0.6 is 11.3 Å². The molecule has 8 nitrogen and oxygen atoms in total. The summed E-state index contributed by atoms with van der Waals surface area (Å²) >= 11 is 1.83. The lowest BCUT2D eigenvalue weighted by atomic mass is 9.88. The van der Waals surface area contributed by atoms with E-state index in [1.165, 1.54) is 22.6 Å². The van der Waals surface area contributed by atoms with Gasteiger partial charge in [-0.1, -0.05) is 13.0 Å². The van der Waals surface area contributed by atoms with Crippen molar-refractivity contribution < 1.29 is 9.59 Å². The second-order valence-corrected chi connectivity index (χ2v) is 9.63. The second-order valence-electron chi connectivity index (χ2n) is 8.65. The summed E-state index contributed by atoms with van der Waals surface area (Å²) in [5, 5.41) is 11.7. The highest BCUT2D eigenvalue weighted by Crippen LogP contribution is 2.36. The van der Waals surface area contributed by atoms with E-state index in [1.807, 2.05) is 18.3 Å². The Morgan fingerprint density at radius 3 is 2.84 bits per heavy atom. The maximum Gasteiger partial charge on any atom is 0.325 e. The van der Waals surface area contributed by atoms with Crippen LogP contribution in [-0.4, -0.2) is 73.5 Å². The van der Waals surface area contributed by atoms with E-state index < -0.39 is 5.54 Å². The maximum absolute atomic E-state index is 12.5. The van der Waals surface area contributed by atoms with Gasteiger partial charge in [0.25, 0.3) is 5.91 Å². The largest absolute Gasteiger partial charge is 0.356 e. The van der Waals surface area contributed by atoms with Crippen LogP contribution in [0.3, 0.4) is 0 Å². The predicted molar refractivity (Wildman–Crippen MR) is 125 cm³/mol. The Morgan fingerprint density at radius 2 is 2.19 bits per heavy atom. The fraction of sp³-hybridized carbons (Fsp3) is 0.682. The average Bonchev–Trinajstić information content (AvgIpc) is 3.36. The molecule has 2 fully saturated rings. The van der Waals surface area contributed by atoms with Crippen molar-refractivity contribution in [2.24, 2.45) is 10.9 Å². The summed E-state index contributed by atoms with van der Waals surface area (Å²) < 4.78 is 0. The lowest BCUT2D eigenvalue weighted by molar-refractivity contribution is -0.130. The third-order valence-electron chi connectivity index (χ3n) is 6.50. The smallest absolute Gasteiger partial charge is 0.325 e. The highest BCUT2D eigenvalue weighted by Gasteiger charge is 2.45. The molecule has 0 saturated carbocycles. The van der Waals surface area contributed by atoms with Crippen LogP contribution in [0.25, 0.3) is 0 Å². The van der Waals surface area contributed by atoms with Crippen molar-refractivity contribution in [2.75, 3.05) is 40.3 Å². The van der Waals surface area contributed by atoms with Crippen LogP contribution in [0.4, 0.5) is 4.79 Å². The number of aliphatic imine (C=N–C) groups is 1. The average molecular weight is 449 g/mol. The molecule has 0 spiro atoms. The maximum atomic E-state index is 12.5. The van der Waals surface area contributed by atoms with Gasteiger partial charge in [-0.05, 0) is 63.6 Å². The van der Waals surface area contributed by atoms with Gasteiger partial charge in [-0.15, -0.1) is 11.3 Å². The van der Waals surface area contributed by atoms with E-state index in [2.05, 4.69) is 50.4 Å². The molecule has 3 amide bonds. The summed E-state index contributed by atoms with van der Waals surface area (Å²) in [6, 6.07) is 4.50. The molecule has 3 atom stereocenters. The minimum atomic E-state index is -0.769. The third kappa shape index (κ3) is 5.38. The highest BCUT2D eigenvalue weighted by atomic mass is 32.1. The molecule has 9 heteroatoms. The van der Waals surface area contributed by atoms with Gasteiger partial charge in [0.05, 0.1) is 0 Å². The number of hydrogen-bond donors (Lipinski definition) is 3. The number of piperidine rings is 1. The van der Waals surface area contributed by atoms with Crippen LogP contribution in [0.5, 0.6) is 0 Å². The summed E-state index contributed by atoms with van der Waals surface area (Å²) in [5.74, 6) is 1.14. The molecule has 1 aromatic rings. The Labute approximate surface area is 189 Å². The van der Waals surface area contributed by atoms with E-state index in [0.29, 0.717) is 37.9 Å². The molecule has 3 unspecified atom stereocenters. The molecule has 0 aromatic carbocycles. The Balaban J connectivity index is 1.45. The molecule has 3 N–H and O–H groups in total. The summed E-state index contributed by atoms with van der Waals surface area (Å²) in [7, 11) is 3.98. The molecule has 1 aromatic heterocycles. The second kappa shape index (κ2) is 10.5. The highest BCUT2D eigenvalue weighted by molar-refractivity contribution is 7.10. The number of carbonyl (C=O) groups excluding carboxylic acids is 2. The normalized spacial score (nSPS) is 27.5. The molecule has 2 aliphatic rings. The Hall–Kier alpha value is -2.13. The van der Waals surface area contributed by atoms with E-state index in [4.69, 9.17) is 0 Å². The number of nitrogens with one attached hydrogen (secondary N) is 3. The van der Waals surface area contributed by atoms with E-state index in [-0.39, 0.29) is 11.9 Å². The molecule has 3 rings (SSSR count). The van der Waals surface area contributed by atoms with Gasteiger partial charge in [-0.25, -0.2) is 4.79 Å². The number of carbonyl (C=O) groups is 2. The number of amides is 3. The van der Waals surface area contributed by atoms with E-state index in [9.17, 15) is 9.59 Å². The van der Waals surface area contributed by atoms with Gasteiger partial charge in [-0.2, -0.15) is 0 Å². The van der Waals surface area contributed by atoms with Gasteiger partial charge in [0, 0.05) is 37.6 Å². The van der Waals surface area contributed by atoms with Gasteiger partial charge >= 0.3 is 6.03 Å². The minimum Gasteiger partial charge on any atom is -0.356 e. The minimum absolute atomic E-state index is 0.136. The van der Waals surface area contributed by atoms with Crippen molar-refractivity contribution in [1.82, 2.24) is 25.8 Å². The third-order valence-corrected chi connectivity index (χ3v) is 7.44. The van der Waals surface area contributed by atoms with Crippen molar-refractivity contribution in [3.05, 3.63) is 22.4 Å². The van der Waals surface area contributed by atoms with Gasteiger partial charge in [0.2, 0.25) is 0 Å². The quantitative estimate of drug-likeness (QED) is 0.246. The van der Waals surface area contributed by atoms with Crippen molar-refractivity contribution >= 4 is 29.2 Å². The molecule has 31 heavy (non-hydrogen) atoms. The first-order valence-corrected chi connectivity index (χ1v) is 12.1. The molecule has 172 valence electrons. The van der Waals surface area contributed by atoms with Crippen LogP contribution in [0, 0.1) is 5.92 Å². The lowest BCUT2D eigenvalue weighted by Gasteiger charge is -2.39. The molecule has 2 aliphatic heterocycles. The van der Waals surface area contributed by atoms with E-state index in [1.54, 1.807) is 14.0 Å². The number of urea groups is 1. The van der Waals surface area contributed by atoms with Crippen molar-refractivity contribution in [3.8, 4) is 0 Å². The Bertz CT molecular complexity index is 783. The van der Waals surface area contributed by atoms with E-state index in [0.717, 1.165) is 19.0 Å². The number of thiophene rings is 1. The first-order chi connectivity index (χ1) is 14.9. The first kappa shape index (κ1) is 23.5. The monoisotopic (exact) mass is 448 g/mol. The summed E-state index contributed by atoms with van der Waals surface area (Å²) in [6.45, 7) is 6.71. The van der Waals surface area contributed by atoms with Crippen LogP contribution < -0.4 is 16.0 Å². The Kier molecular flexibility index (Phi) is 7.94. The Morgan fingerprint density at radius 1 is 1.39 bits per heavy atom. The predicted octanol–water partition coefficient (Wildman–Crippen LogP) is 2.41. The molecule has 0 radical (unpaired) electrons. The summed E-state index contributed by atoms with van der Waals surface area (Å²) in [5.41, 5.74) is -0.769. The summed E-state index contributed by atoms with van der Waals surface area (Å²) in [6.07, 6.45) is 3.66. The number of nitrogens with zero attached hydrogens (tertiary/aromatic N) is 3. The zero-order chi connectivity index (χ0) is 22.4. The number of hydrogen-bond acceptors (Lipinski definition) is 5. The van der Waals surface area contributed by atoms with Gasteiger partial charge in [-0.3, -0.25) is 19.6 Å². The summed E-state index contributed by atoms with van der Waals surface area (Å²) in [4.78, 5) is 34.1. The van der Waals surface area contributed by atoms with Crippen LogP contribution in [-0.2, 0) is 4.79 Å². The molecule has 3 heterocycles. The zero-order valence-corrected chi connectivity index (χ0v) is 19.9. The fourth-order valence-electron chi connectivity index (χ4n) is 4.46. The zero-order valence-electron chi connectivity index (χ0n) is 19.1. The molecule has 0 bridgehead atoms. The molecular formula is C22H36N6O2S. The lowest BCUT2D eigenvalue weighted by Crippen LogP contribution is -2.45. The van der Waals surface area contributed by atoms with Gasteiger partial charge in [0.15, 0.2) is 5.96 Å². The standard InChI is InChI=1S/C22H36N6O2S/c1-5-22(2)19(29)28(21(30)26-22)13-8-11-24-20(23-3)25-15-16-9-6-12-27(4)18(16)17-10-7-14-31-17/h7,10,14,16,18H,5-6,8-9,11-13,15H2,1-4H3,(H,26,30)(H2,23,24,25). The topological polar surface area (TPSA) is 89.1 Å². The number of guanidine groups is 1. The molecule has 2 saturated heterocycles. The van der Waals surface area contributed by atoms with Gasteiger partial charge < -0.3 is 16.0 Å². The molecular weight excluding hydrogens is 412 g/mol. The van der Waals surface area contributed by atoms with Crippen LogP contribution in [0.15, 0.2) is 22.5 Å². The first-order valence-electron chi connectivity index (χ1n) is 11.2. The van der Waals surface area contributed by atoms with Crippen molar-refractivity contribution in [1.29, 1.82) is 0 Å².